The smallest absolute Gasteiger partial charge is 0.236 e. The molecule has 0 bridgehead atoms. The van der Waals surface area contributed by atoms with Gasteiger partial charge in [0.1, 0.15) is 11.9 Å². The zero-order valence-electron chi connectivity index (χ0n) is 11.0. The highest BCUT2D eigenvalue weighted by Crippen LogP contribution is 2.42. The molecule has 0 saturated carbocycles. The molecule has 0 aromatic heterocycles. The third kappa shape index (κ3) is 1.52. The summed E-state index contributed by atoms with van der Waals surface area (Å²) in [6.45, 7) is 5.73. The number of rotatable bonds is 2. The summed E-state index contributed by atoms with van der Waals surface area (Å²) in [5.41, 5.74) is 1.59. The maximum absolute atomic E-state index is 12.2. The lowest BCUT2D eigenvalue weighted by Gasteiger charge is -2.28. The summed E-state index contributed by atoms with van der Waals surface area (Å²) in [7, 11) is 1.83. The van der Waals surface area contributed by atoms with Gasteiger partial charge in [0.25, 0.3) is 0 Å². The van der Waals surface area contributed by atoms with Crippen molar-refractivity contribution in [3.8, 4) is 5.75 Å². The van der Waals surface area contributed by atoms with Gasteiger partial charge in [-0.05, 0) is 37.6 Å². The average Bonchev–Trinajstić information content (AvgIpc) is 2.46. The van der Waals surface area contributed by atoms with Gasteiger partial charge in [0.05, 0.1) is 5.41 Å². The van der Waals surface area contributed by atoms with Gasteiger partial charge in [-0.25, -0.2) is 0 Å². The van der Waals surface area contributed by atoms with Crippen LogP contribution in [0.1, 0.15) is 19.4 Å². The molecule has 2 aliphatic heterocycles. The van der Waals surface area contributed by atoms with Gasteiger partial charge in [0.2, 0.25) is 5.91 Å². The van der Waals surface area contributed by atoms with E-state index in [-0.39, 0.29) is 12.0 Å². The summed E-state index contributed by atoms with van der Waals surface area (Å²) in [6.07, 6.45) is 0.265. The molecule has 2 heterocycles. The quantitative estimate of drug-likeness (QED) is 0.855. The fourth-order valence-corrected chi connectivity index (χ4v) is 2.56. The summed E-state index contributed by atoms with van der Waals surface area (Å²) < 4.78 is 5.85. The van der Waals surface area contributed by atoms with E-state index in [9.17, 15) is 4.79 Å². The maximum atomic E-state index is 12.2. The fraction of sp³-hybridized carbons (Fsp3) is 0.500. The van der Waals surface area contributed by atoms with E-state index in [0.717, 1.165) is 30.1 Å². The molecule has 0 atom stereocenters. The Hall–Kier alpha value is -1.55. The van der Waals surface area contributed by atoms with E-state index < -0.39 is 5.41 Å². The lowest BCUT2D eigenvalue weighted by Crippen LogP contribution is -2.50. The summed E-state index contributed by atoms with van der Waals surface area (Å²) in [6, 6.07) is 5.93. The predicted octanol–water partition coefficient (Wildman–Crippen LogP) is 1.29. The monoisotopic (exact) mass is 246 g/mol. The Morgan fingerprint density at radius 1 is 1.39 bits per heavy atom. The molecule has 1 aromatic rings. The highest BCUT2D eigenvalue weighted by atomic mass is 16.5. The molecule has 0 spiro atoms. The van der Waals surface area contributed by atoms with E-state index >= 15 is 0 Å². The Labute approximate surface area is 107 Å². The molecule has 0 radical (unpaired) electrons. The lowest BCUT2D eigenvalue weighted by atomic mass is 9.86. The molecule has 4 nitrogen and oxygen atoms in total. The van der Waals surface area contributed by atoms with Crippen LogP contribution in [0.15, 0.2) is 18.2 Å². The van der Waals surface area contributed by atoms with Crippen molar-refractivity contribution in [3.05, 3.63) is 23.8 Å². The first-order chi connectivity index (χ1) is 8.50. The van der Waals surface area contributed by atoms with Crippen molar-refractivity contribution in [3.63, 3.8) is 0 Å². The minimum Gasteiger partial charge on any atom is -0.488 e. The predicted molar refractivity (Wildman–Crippen MR) is 70.2 cm³/mol. The molecule has 96 valence electrons. The molecule has 2 aliphatic rings. The highest BCUT2D eigenvalue weighted by molar-refractivity contribution is 6.07. The third-order valence-electron chi connectivity index (χ3n) is 3.89. The number of carbonyl (C=O) groups is 1. The van der Waals surface area contributed by atoms with Crippen LogP contribution >= 0.6 is 0 Å². The Bertz CT molecular complexity index is 507. The maximum Gasteiger partial charge on any atom is 0.236 e. The standard InChI is InChI=1S/C14H18N2O2/c1-14(2)11-6-9(18-10-7-15-8-10)4-5-12(11)16(3)13(14)17/h4-6,10,15H,7-8H2,1-3H3. The molecule has 0 aliphatic carbocycles. The number of amides is 1. The van der Waals surface area contributed by atoms with Gasteiger partial charge in [0, 0.05) is 25.8 Å². The van der Waals surface area contributed by atoms with Crippen LogP contribution in [0.3, 0.4) is 0 Å². The van der Waals surface area contributed by atoms with Gasteiger partial charge in [-0.15, -0.1) is 0 Å². The van der Waals surface area contributed by atoms with Crippen LogP contribution in [0, 0.1) is 0 Å². The lowest BCUT2D eigenvalue weighted by molar-refractivity contribution is -0.121. The van der Waals surface area contributed by atoms with Crippen LogP contribution in [0.25, 0.3) is 0 Å². The van der Waals surface area contributed by atoms with Crippen molar-refractivity contribution < 1.29 is 9.53 Å². The first-order valence-electron chi connectivity index (χ1n) is 6.30. The van der Waals surface area contributed by atoms with Crippen LogP contribution in [-0.2, 0) is 10.2 Å². The van der Waals surface area contributed by atoms with E-state index in [4.69, 9.17) is 4.74 Å². The highest BCUT2D eigenvalue weighted by Gasteiger charge is 2.42. The van der Waals surface area contributed by atoms with Gasteiger partial charge in [-0.3, -0.25) is 4.79 Å². The second-order valence-corrected chi connectivity index (χ2v) is 5.57. The van der Waals surface area contributed by atoms with Crippen molar-refractivity contribution >= 4 is 11.6 Å². The number of fused-ring (bicyclic) bond motifs is 1. The van der Waals surface area contributed by atoms with Gasteiger partial charge in [-0.2, -0.15) is 0 Å². The second-order valence-electron chi connectivity index (χ2n) is 5.57. The second kappa shape index (κ2) is 3.72. The summed E-state index contributed by atoms with van der Waals surface area (Å²) in [4.78, 5) is 13.9. The van der Waals surface area contributed by atoms with Gasteiger partial charge >= 0.3 is 0 Å². The van der Waals surface area contributed by atoms with E-state index in [1.807, 2.05) is 39.1 Å². The van der Waals surface area contributed by atoms with Crippen LogP contribution in [0.5, 0.6) is 5.75 Å². The van der Waals surface area contributed by atoms with Gasteiger partial charge in [-0.1, -0.05) is 0 Å². The Morgan fingerprint density at radius 2 is 2.11 bits per heavy atom. The first kappa shape index (κ1) is 11.5. The molecule has 1 amide bonds. The molecule has 18 heavy (non-hydrogen) atoms. The summed E-state index contributed by atoms with van der Waals surface area (Å²) >= 11 is 0. The molecule has 1 N–H and O–H groups in total. The number of ether oxygens (including phenoxy) is 1. The summed E-state index contributed by atoms with van der Waals surface area (Å²) in [5, 5.41) is 3.18. The zero-order chi connectivity index (χ0) is 12.9. The number of benzene rings is 1. The van der Waals surface area contributed by atoms with E-state index in [1.54, 1.807) is 4.90 Å². The van der Waals surface area contributed by atoms with Crippen molar-refractivity contribution in [1.82, 2.24) is 5.32 Å². The van der Waals surface area contributed by atoms with E-state index in [1.165, 1.54) is 0 Å². The Kier molecular flexibility index (Phi) is 2.38. The van der Waals surface area contributed by atoms with Crippen molar-refractivity contribution in [1.29, 1.82) is 0 Å². The average molecular weight is 246 g/mol. The fourth-order valence-electron chi connectivity index (χ4n) is 2.56. The zero-order valence-corrected chi connectivity index (χ0v) is 11.0. The summed E-state index contributed by atoms with van der Waals surface area (Å²) in [5.74, 6) is 0.997. The topological polar surface area (TPSA) is 41.6 Å². The van der Waals surface area contributed by atoms with Crippen molar-refractivity contribution in [2.24, 2.45) is 0 Å². The van der Waals surface area contributed by atoms with Gasteiger partial charge in [0.15, 0.2) is 0 Å². The number of hydrogen-bond acceptors (Lipinski definition) is 3. The SMILES string of the molecule is CN1C(=O)C(C)(C)c2cc(OC3CNC3)ccc21. The van der Waals surface area contributed by atoms with Crippen LogP contribution < -0.4 is 15.0 Å². The molecule has 4 heteroatoms. The van der Waals surface area contributed by atoms with Crippen LogP contribution in [0.2, 0.25) is 0 Å². The molecule has 3 rings (SSSR count). The van der Waals surface area contributed by atoms with E-state index in [0.29, 0.717) is 0 Å². The Morgan fingerprint density at radius 3 is 2.72 bits per heavy atom. The van der Waals surface area contributed by atoms with Crippen LogP contribution in [0.4, 0.5) is 5.69 Å². The third-order valence-corrected chi connectivity index (χ3v) is 3.89. The van der Waals surface area contributed by atoms with Crippen molar-refractivity contribution in [2.75, 3.05) is 25.0 Å². The minimum atomic E-state index is -0.457. The first-order valence-corrected chi connectivity index (χ1v) is 6.30. The van der Waals surface area contributed by atoms with Crippen LogP contribution in [-0.4, -0.2) is 32.1 Å². The van der Waals surface area contributed by atoms with Crippen molar-refractivity contribution in [2.45, 2.75) is 25.4 Å². The number of nitrogens with one attached hydrogen (secondary N) is 1. The molecule has 1 saturated heterocycles. The molecule has 1 aromatic carbocycles. The number of carbonyl (C=O) groups excluding carboxylic acids is 1. The molecule has 1 fully saturated rings. The molecule has 0 unspecified atom stereocenters. The normalized spacial score (nSPS) is 21.7. The molecular formula is C14H18N2O2. The number of anilines is 1. The van der Waals surface area contributed by atoms with E-state index in [2.05, 4.69) is 5.32 Å². The number of nitrogens with zero attached hydrogens (tertiary/aromatic N) is 1. The number of likely N-dealkylation sites (N-methyl/N-ethyl adjacent to an activating group) is 1. The van der Waals surface area contributed by atoms with Gasteiger partial charge < -0.3 is 15.0 Å². The largest absolute Gasteiger partial charge is 0.488 e. The number of hydrogen-bond donors (Lipinski definition) is 1. The Balaban J connectivity index is 1.95. The molecular weight excluding hydrogens is 228 g/mol. The minimum absolute atomic E-state index is 0.139.